The van der Waals surface area contributed by atoms with Crippen molar-refractivity contribution in [2.24, 2.45) is 0 Å². The van der Waals surface area contributed by atoms with Crippen LogP contribution in [0.25, 0.3) is 0 Å². The maximum atomic E-state index is 5.57. The molecule has 0 aliphatic carbocycles. The summed E-state index contributed by atoms with van der Waals surface area (Å²) in [5, 5.41) is 0. The van der Waals surface area contributed by atoms with E-state index < -0.39 is 5.97 Å². The Labute approximate surface area is 65.2 Å². The van der Waals surface area contributed by atoms with Crippen LogP contribution in [0.2, 0.25) is 0 Å². The maximum Gasteiger partial charge on any atom is 0.297 e. The molecule has 0 aromatic heterocycles. The van der Waals surface area contributed by atoms with Crippen molar-refractivity contribution >= 4 is 11.6 Å². The van der Waals surface area contributed by atoms with Crippen LogP contribution in [0.3, 0.4) is 0 Å². The Bertz CT molecular complexity index is 101. The minimum atomic E-state index is -0.948. The molecule has 0 N–H and O–H groups in total. The van der Waals surface area contributed by atoms with E-state index in [9.17, 15) is 0 Å². The Kier molecular flexibility index (Phi) is 2.92. The van der Waals surface area contributed by atoms with Crippen LogP contribution < -0.4 is 0 Å². The highest BCUT2D eigenvalue weighted by atomic mass is 35.5. The second-order valence-corrected chi connectivity index (χ2v) is 2.21. The molecule has 0 atom stereocenters. The van der Waals surface area contributed by atoms with E-state index in [0.717, 1.165) is 0 Å². The number of hydrogen-bond acceptors (Lipinski definition) is 3. The first-order valence-corrected chi connectivity index (χ1v) is 3.84. The molecule has 60 valence electrons. The lowest BCUT2D eigenvalue weighted by Crippen LogP contribution is -2.35. The first-order chi connectivity index (χ1) is 4.83. The van der Waals surface area contributed by atoms with Crippen molar-refractivity contribution in [1.82, 2.24) is 0 Å². The fourth-order valence-electron chi connectivity index (χ4n) is 0.855. The minimum Gasteiger partial charge on any atom is -0.327 e. The molecular weight excluding hydrogens is 156 g/mol. The lowest BCUT2D eigenvalue weighted by atomic mass is 10.6. The van der Waals surface area contributed by atoms with E-state index in [1.165, 1.54) is 0 Å². The molecule has 4 heteroatoms. The van der Waals surface area contributed by atoms with Gasteiger partial charge in [-0.1, -0.05) is 0 Å². The van der Waals surface area contributed by atoms with Gasteiger partial charge in [-0.3, -0.25) is 0 Å². The monoisotopic (exact) mass is 166 g/mol. The predicted octanol–water partition coefficient (Wildman–Crippen LogP) is 0.962. The minimum absolute atomic E-state index is 0.223. The summed E-state index contributed by atoms with van der Waals surface area (Å²) in [4.78, 5) is 0. The van der Waals surface area contributed by atoms with Crippen molar-refractivity contribution < 1.29 is 14.2 Å². The zero-order chi connectivity index (χ0) is 7.45. The summed E-state index contributed by atoms with van der Waals surface area (Å²) in [5.41, 5.74) is 0. The zero-order valence-corrected chi connectivity index (χ0v) is 6.69. The smallest absolute Gasteiger partial charge is 0.297 e. The number of halogens is 1. The van der Waals surface area contributed by atoms with E-state index in [4.69, 9.17) is 25.8 Å². The molecule has 1 fully saturated rings. The fourth-order valence-corrected chi connectivity index (χ4v) is 1.09. The number of ether oxygens (including phenoxy) is 3. The lowest BCUT2D eigenvalue weighted by molar-refractivity contribution is -0.314. The van der Waals surface area contributed by atoms with Crippen LogP contribution in [0.1, 0.15) is 6.92 Å². The average molecular weight is 167 g/mol. The molecular formula is C6H11ClO3. The maximum absolute atomic E-state index is 5.57. The molecule has 3 nitrogen and oxygen atoms in total. The van der Waals surface area contributed by atoms with Crippen LogP contribution in [-0.4, -0.2) is 31.7 Å². The van der Waals surface area contributed by atoms with Crippen LogP contribution in [0.15, 0.2) is 0 Å². The number of hydrogen-bond donors (Lipinski definition) is 0. The van der Waals surface area contributed by atoms with Gasteiger partial charge < -0.3 is 14.2 Å². The molecule has 0 radical (unpaired) electrons. The Morgan fingerprint density at radius 1 is 1.50 bits per heavy atom. The molecule has 0 saturated carbocycles. The molecule has 0 bridgehead atoms. The van der Waals surface area contributed by atoms with E-state index in [2.05, 4.69) is 0 Å². The van der Waals surface area contributed by atoms with Gasteiger partial charge in [0.2, 0.25) is 0 Å². The SMILES string of the molecule is CCOC1(CCl)OCCO1. The van der Waals surface area contributed by atoms with Crippen LogP contribution in [0, 0.1) is 0 Å². The van der Waals surface area contributed by atoms with E-state index in [1.54, 1.807) is 0 Å². The Hall–Kier alpha value is 0.170. The first kappa shape index (κ1) is 8.27. The van der Waals surface area contributed by atoms with E-state index >= 15 is 0 Å². The number of rotatable bonds is 3. The summed E-state index contributed by atoms with van der Waals surface area (Å²) in [6, 6.07) is 0. The first-order valence-electron chi connectivity index (χ1n) is 3.31. The summed E-state index contributed by atoms with van der Waals surface area (Å²) in [7, 11) is 0. The summed E-state index contributed by atoms with van der Waals surface area (Å²) in [6.07, 6.45) is 0. The van der Waals surface area contributed by atoms with Crippen molar-refractivity contribution in [3.63, 3.8) is 0 Å². The standard InChI is InChI=1S/C6H11ClO3/c1-2-8-6(5-7)9-3-4-10-6/h2-5H2,1H3. The molecule has 1 rings (SSSR count). The molecule has 10 heavy (non-hydrogen) atoms. The van der Waals surface area contributed by atoms with Crippen molar-refractivity contribution in [1.29, 1.82) is 0 Å². The van der Waals surface area contributed by atoms with Gasteiger partial charge in [0, 0.05) is 6.61 Å². The molecule has 0 aromatic rings. The quantitative estimate of drug-likeness (QED) is 0.585. The predicted molar refractivity (Wildman–Crippen MR) is 37.0 cm³/mol. The van der Waals surface area contributed by atoms with Crippen LogP contribution in [-0.2, 0) is 14.2 Å². The van der Waals surface area contributed by atoms with Gasteiger partial charge in [0.25, 0.3) is 5.97 Å². The van der Waals surface area contributed by atoms with Crippen molar-refractivity contribution in [3.05, 3.63) is 0 Å². The van der Waals surface area contributed by atoms with E-state index in [-0.39, 0.29) is 5.88 Å². The third-order valence-corrected chi connectivity index (χ3v) is 1.58. The normalized spacial score (nSPS) is 23.4. The molecule has 0 spiro atoms. The van der Waals surface area contributed by atoms with Crippen molar-refractivity contribution in [2.45, 2.75) is 12.9 Å². The summed E-state index contributed by atoms with van der Waals surface area (Å²) in [6.45, 7) is 3.55. The lowest BCUT2D eigenvalue weighted by Gasteiger charge is -2.23. The molecule has 1 aliphatic rings. The van der Waals surface area contributed by atoms with E-state index in [0.29, 0.717) is 19.8 Å². The molecule has 1 aliphatic heterocycles. The third kappa shape index (κ3) is 1.61. The molecule has 0 amide bonds. The van der Waals surface area contributed by atoms with Gasteiger partial charge in [0.1, 0.15) is 5.88 Å². The van der Waals surface area contributed by atoms with Crippen LogP contribution in [0.4, 0.5) is 0 Å². The number of alkyl halides is 1. The Morgan fingerprint density at radius 2 is 2.10 bits per heavy atom. The third-order valence-electron chi connectivity index (χ3n) is 1.26. The van der Waals surface area contributed by atoms with Gasteiger partial charge >= 0.3 is 0 Å². The molecule has 0 unspecified atom stereocenters. The summed E-state index contributed by atoms with van der Waals surface area (Å²) >= 11 is 5.57. The van der Waals surface area contributed by atoms with Gasteiger partial charge in [-0.2, -0.15) is 0 Å². The second-order valence-electron chi connectivity index (χ2n) is 1.95. The highest BCUT2D eigenvalue weighted by Crippen LogP contribution is 2.21. The molecule has 1 saturated heterocycles. The topological polar surface area (TPSA) is 27.7 Å². The fraction of sp³-hybridized carbons (Fsp3) is 1.00. The van der Waals surface area contributed by atoms with Gasteiger partial charge in [0.05, 0.1) is 13.2 Å². The zero-order valence-electron chi connectivity index (χ0n) is 5.93. The van der Waals surface area contributed by atoms with E-state index in [1.807, 2.05) is 6.92 Å². The molecule has 0 aromatic carbocycles. The van der Waals surface area contributed by atoms with Crippen molar-refractivity contribution in [2.75, 3.05) is 25.7 Å². The highest BCUT2D eigenvalue weighted by molar-refractivity contribution is 6.18. The van der Waals surface area contributed by atoms with Crippen LogP contribution >= 0.6 is 11.6 Å². The summed E-state index contributed by atoms with van der Waals surface area (Å²) < 4.78 is 15.5. The van der Waals surface area contributed by atoms with Gasteiger partial charge in [-0.05, 0) is 6.92 Å². The average Bonchev–Trinajstić information content (AvgIpc) is 2.39. The van der Waals surface area contributed by atoms with Gasteiger partial charge in [-0.15, -0.1) is 11.6 Å². The Balaban J connectivity index is 2.41. The van der Waals surface area contributed by atoms with Gasteiger partial charge in [0.15, 0.2) is 0 Å². The molecule has 1 heterocycles. The Morgan fingerprint density at radius 3 is 2.50 bits per heavy atom. The largest absolute Gasteiger partial charge is 0.327 e. The highest BCUT2D eigenvalue weighted by Gasteiger charge is 2.36. The summed E-state index contributed by atoms with van der Waals surface area (Å²) in [5.74, 6) is -0.725. The second kappa shape index (κ2) is 3.53. The van der Waals surface area contributed by atoms with Gasteiger partial charge in [-0.25, -0.2) is 0 Å². The van der Waals surface area contributed by atoms with Crippen molar-refractivity contribution in [3.8, 4) is 0 Å². The van der Waals surface area contributed by atoms with Crippen LogP contribution in [0.5, 0.6) is 0 Å².